The molecular weight excluding hydrogens is 820 g/mol. The molecule has 4 fully saturated rings. The number of hydrogen-bond donors (Lipinski definition) is 3. The van der Waals surface area contributed by atoms with E-state index in [-0.39, 0.29) is 29.2 Å². The maximum atomic E-state index is 15.2. The molecule has 1 aliphatic carbocycles. The van der Waals surface area contributed by atoms with Crippen LogP contribution in [0.4, 0.5) is 37.6 Å². The molecule has 0 radical (unpaired) electrons. The Hall–Kier alpha value is -5.55. The number of nitrogens with zero attached hydrogens (tertiary/aromatic N) is 8. The average molecular weight is 870 g/mol. The number of piperazine rings is 1. The van der Waals surface area contributed by atoms with E-state index in [1.54, 1.807) is 19.3 Å². The van der Waals surface area contributed by atoms with Gasteiger partial charge in [-0.05, 0) is 79.8 Å². The zero-order valence-corrected chi connectivity index (χ0v) is 35.7. The topological polar surface area (TPSA) is 155 Å². The van der Waals surface area contributed by atoms with Crippen LogP contribution in [0.5, 0.6) is 5.75 Å². The fourth-order valence-corrected chi connectivity index (χ4v) is 10.0. The van der Waals surface area contributed by atoms with Gasteiger partial charge in [0.15, 0.2) is 12.4 Å². The summed E-state index contributed by atoms with van der Waals surface area (Å²) in [5, 5.41) is 15.4. The molecule has 326 valence electrons. The Morgan fingerprint density at radius 3 is 2.52 bits per heavy atom. The molecule has 4 aliphatic heterocycles. The zero-order chi connectivity index (χ0) is 43.0. The number of carbonyl (C=O) groups is 2. The minimum atomic E-state index is -3.13. The number of alkyl halides is 2. The first-order valence-corrected chi connectivity index (χ1v) is 21.9. The summed E-state index contributed by atoms with van der Waals surface area (Å²) in [6, 6.07) is 10.6. The minimum absolute atomic E-state index is 0.106. The highest BCUT2D eigenvalue weighted by atomic mass is 35.5. The first kappa shape index (κ1) is 40.5. The van der Waals surface area contributed by atoms with Crippen molar-refractivity contribution < 1.29 is 23.1 Å². The fraction of sp³-hybridized carbons (Fsp3) is 0.500. The van der Waals surface area contributed by atoms with Gasteiger partial charge in [-0.15, -0.1) is 0 Å². The summed E-state index contributed by atoms with van der Waals surface area (Å²) in [5.41, 5.74) is 3.84. The van der Waals surface area contributed by atoms with Crippen molar-refractivity contribution in [1.82, 2.24) is 34.5 Å². The highest BCUT2D eigenvalue weighted by Gasteiger charge is 2.51. The van der Waals surface area contributed by atoms with Crippen LogP contribution in [-0.2, 0) is 23.7 Å². The van der Waals surface area contributed by atoms with Gasteiger partial charge in [-0.2, -0.15) is 10.1 Å². The second-order valence-corrected chi connectivity index (χ2v) is 18.2. The van der Waals surface area contributed by atoms with Crippen molar-refractivity contribution in [3.63, 3.8) is 0 Å². The molecule has 62 heavy (non-hydrogen) atoms. The molecule has 5 aliphatic rings. The molecule has 1 saturated carbocycles. The van der Waals surface area contributed by atoms with Gasteiger partial charge < -0.3 is 29.7 Å². The van der Waals surface area contributed by atoms with Crippen molar-refractivity contribution in [2.45, 2.75) is 56.9 Å². The summed E-state index contributed by atoms with van der Waals surface area (Å²) in [4.78, 5) is 54.3. The standard InChI is InChI=1S/C44H50ClF2N11O4/c1-24-21-58(13-12-26(24)22-56-14-16-57(17-15-56)28-7-8-29-34(19-28)55(3)53-36(29)30-9-11-35(59)50-41(30)60)43-48-20-32(45)40(52-43)49-27-6-10-33-31(18-27)37-38(42(61)54(33)2)62-23-44(46,47)39(51-37)25-4-5-25/h6-8,10,18-20,24-26,30,39,51H,4-5,9,11-17,21-23H2,1-3H3,(H,48,49,52)(H,50,59,60)/t24-,26+,30?,39-/m0/s1. The van der Waals surface area contributed by atoms with Gasteiger partial charge in [0.2, 0.25) is 23.5 Å². The van der Waals surface area contributed by atoms with E-state index in [9.17, 15) is 14.4 Å². The summed E-state index contributed by atoms with van der Waals surface area (Å²) >= 11 is 6.66. The number of nitrogens with one attached hydrogen (secondary N) is 3. The van der Waals surface area contributed by atoms with Crippen LogP contribution in [0.2, 0.25) is 5.02 Å². The molecular formula is C44H50ClF2N11O4. The molecule has 4 atom stereocenters. The van der Waals surface area contributed by atoms with Crippen LogP contribution in [0.15, 0.2) is 47.4 Å². The van der Waals surface area contributed by atoms with Crippen LogP contribution in [0.1, 0.15) is 50.6 Å². The van der Waals surface area contributed by atoms with Crippen molar-refractivity contribution in [1.29, 1.82) is 0 Å². The number of rotatable bonds is 8. The van der Waals surface area contributed by atoms with Gasteiger partial charge in [0.1, 0.15) is 5.02 Å². The Balaban J connectivity index is 0.777. The van der Waals surface area contributed by atoms with Crippen LogP contribution in [0, 0.1) is 17.8 Å². The number of pyridine rings is 1. The van der Waals surface area contributed by atoms with E-state index in [1.165, 1.54) is 4.57 Å². The third kappa shape index (κ3) is 7.46. The lowest BCUT2D eigenvalue weighted by Gasteiger charge is -2.42. The number of carbonyl (C=O) groups excluding carboxylic acids is 2. The molecule has 3 aromatic heterocycles. The van der Waals surface area contributed by atoms with E-state index in [4.69, 9.17) is 26.4 Å². The number of piperidine rings is 2. The number of hydrogen-bond acceptors (Lipinski definition) is 12. The van der Waals surface area contributed by atoms with E-state index in [0.29, 0.717) is 70.9 Å². The molecule has 18 heteroatoms. The maximum Gasteiger partial charge on any atom is 0.301 e. The lowest BCUT2D eigenvalue weighted by atomic mass is 9.86. The second kappa shape index (κ2) is 15.7. The third-order valence-corrected chi connectivity index (χ3v) is 13.9. The summed E-state index contributed by atoms with van der Waals surface area (Å²) < 4.78 is 39.1. The molecule has 3 N–H and O–H groups in total. The number of amides is 2. The Bertz CT molecular complexity index is 2660. The van der Waals surface area contributed by atoms with E-state index in [2.05, 4.69) is 60.8 Å². The predicted molar refractivity (Wildman–Crippen MR) is 234 cm³/mol. The SMILES string of the molecule is C[C@H]1CN(c2ncc(Cl)c(Nc3ccc4c(c3)c3c(c(=O)n4C)OCC(F)(F)[C@H](C4CC4)N3)n2)CC[C@@H]1CN1CCN(c2ccc3c(C4CCC(=O)NC4=O)nn(C)c3c2)CC1. The number of fused-ring (bicyclic) bond motifs is 4. The van der Waals surface area contributed by atoms with Crippen LogP contribution >= 0.6 is 11.6 Å². The molecule has 3 saturated heterocycles. The van der Waals surface area contributed by atoms with Gasteiger partial charge in [0.25, 0.3) is 5.56 Å². The third-order valence-electron chi connectivity index (χ3n) is 13.6. The van der Waals surface area contributed by atoms with Crippen molar-refractivity contribution in [2.75, 3.05) is 72.9 Å². The molecule has 2 amide bonds. The van der Waals surface area contributed by atoms with Crippen LogP contribution in [-0.4, -0.2) is 105 Å². The Morgan fingerprint density at radius 1 is 0.952 bits per heavy atom. The minimum Gasteiger partial charge on any atom is -0.480 e. The number of ether oxygens (including phenoxy) is 1. The molecule has 15 nitrogen and oxygen atoms in total. The summed E-state index contributed by atoms with van der Waals surface area (Å²) in [6.07, 6.45) is 4.78. The van der Waals surface area contributed by atoms with Crippen LogP contribution < -0.4 is 36.0 Å². The highest BCUT2D eigenvalue weighted by Crippen LogP contribution is 2.46. The van der Waals surface area contributed by atoms with Crippen molar-refractivity contribution in [3.8, 4) is 5.75 Å². The van der Waals surface area contributed by atoms with Crippen molar-refractivity contribution in [2.24, 2.45) is 31.8 Å². The van der Waals surface area contributed by atoms with E-state index >= 15 is 8.78 Å². The number of benzene rings is 2. The Labute approximate surface area is 361 Å². The van der Waals surface area contributed by atoms with Gasteiger partial charge in [-0.25, -0.2) is 13.8 Å². The largest absolute Gasteiger partial charge is 0.480 e. The lowest BCUT2D eigenvalue weighted by molar-refractivity contribution is -0.134. The first-order chi connectivity index (χ1) is 29.8. The normalized spacial score (nSPS) is 24.4. The maximum absolute atomic E-state index is 15.2. The smallest absolute Gasteiger partial charge is 0.301 e. The molecule has 10 rings (SSSR count). The van der Waals surface area contributed by atoms with E-state index in [1.807, 2.05) is 23.9 Å². The highest BCUT2D eigenvalue weighted by molar-refractivity contribution is 6.33. The van der Waals surface area contributed by atoms with Crippen molar-refractivity contribution >= 4 is 74.0 Å². The molecule has 7 heterocycles. The second-order valence-electron chi connectivity index (χ2n) is 17.8. The van der Waals surface area contributed by atoms with Gasteiger partial charge in [-0.3, -0.25) is 29.3 Å². The predicted octanol–water partition coefficient (Wildman–Crippen LogP) is 5.64. The monoisotopic (exact) mass is 869 g/mol. The number of aromatic nitrogens is 5. The molecule has 1 unspecified atom stereocenters. The quantitative estimate of drug-likeness (QED) is 0.166. The lowest BCUT2D eigenvalue weighted by Crippen LogP contribution is -2.50. The molecule has 2 aromatic carbocycles. The van der Waals surface area contributed by atoms with Crippen LogP contribution in [0.25, 0.3) is 21.8 Å². The van der Waals surface area contributed by atoms with Crippen LogP contribution in [0.3, 0.4) is 0 Å². The summed E-state index contributed by atoms with van der Waals surface area (Å²) in [6.45, 7) is 7.78. The zero-order valence-electron chi connectivity index (χ0n) is 35.0. The molecule has 0 spiro atoms. The van der Waals surface area contributed by atoms with Gasteiger partial charge >= 0.3 is 5.92 Å². The van der Waals surface area contributed by atoms with Gasteiger partial charge in [0.05, 0.1) is 40.6 Å². The number of halogens is 3. The van der Waals surface area contributed by atoms with Crippen molar-refractivity contribution in [3.05, 3.63) is 63.7 Å². The number of imide groups is 1. The Morgan fingerprint density at radius 2 is 1.76 bits per heavy atom. The fourth-order valence-electron chi connectivity index (χ4n) is 9.87. The molecule has 5 aromatic rings. The Kier molecular flexibility index (Phi) is 10.2. The molecule has 0 bridgehead atoms. The number of anilines is 5. The van der Waals surface area contributed by atoms with Gasteiger partial charge in [0, 0.05) is 88.5 Å². The first-order valence-electron chi connectivity index (χ1n) is 21.6. The average Bonchev–Trinajstić information content (AvgIpc) is 4.06. The van der Waals surface area contributed by atoms with E-state index < -0.39 is 30.0 Å². The van der Waals surface area contributed by atoms with Gasteiger partial charge in [-0.1, -0.05) is 18.5 Å². The van der Waals surface area contributed by atoms with E-state index in [0.717, 1.165) is 74.5 Å². The number of aryl methyl sites for hydroxylation is 2. The summed E-state index contributed by atoms with van der Waals surface area (Å²) in [5.74, 6) is -2.45. The summed E-state index contributed by atoms with van der Waals surface area (Å²) in [7, 11) is 3.51.